The fourth-order valence-electron chi connectivity index (χ4n) is 1.47. The summed E-state index contributed by atoms with van der Waals surface area (Å²) in [4.78, 5) is 1.42. The lowest BCUT2D eigenvalue weighted by atomic mass is 10.1. The standard InChI is InChI=1S/C13H20S2/c1-4-12(8-14)9-15-13-6-5-10(2)7-11(13)3/h5-7,12,14H,4,8-9H2,1-3H3. The molecule has 0 aromatic heterocycles. The van der Waals surface area contributed by atoms with Crippen molar-refractivity contribution in [1.82, 2.24) is 0 Å². The lowest BCUT2D eigenvalue weighted by Crippen LogP contribution is -2.03. The van der Waals surface area contributed by atoms with Crippen LogP contribution < -0.4 is 0 Å². The number of aryl methyl sites for hydroxylation is 2. The highest BCUT2D eigenvalue weighted by molar-refractivity contribution is 7.99. The van der Waals surface area contributed by atoms with Gasteiger partial charge in [0, 0.05) is 10.6 Å². The lowest BCUT2D eigenvalue weighted by Gasteiger charge is -2.12. The van der Waals surface area contributed by atoms with Crippen molar-refractivity contribution in [2.75, 3.05) is 11.5 Å². The van der Waals surface area contributed by atoms with E-state index in [4.69, 9.17) is 0 Å². The van der Waals surface area contributed by atoms with Crippen molar-refractivity contribution in [2.24, 2.45) is 5.92 Å². The Balaban J connectivity index is 2.57. The third-order valence-electron chi connectivity index (χ3n) is 2.64. The first-order chi connectivity index (χ1) is 7.17. The minimum Gasteiger partial charge on any atom is -0.179 e. The summed E-state index contributed by atoms with van der Waals surface area (Å²) in [7, 11) is 0. The Morgan fingerprint density at radius 1 is 1.33 bits per heavy atom. The molecule has 84 valence electrons. The van der Waals surface area contributed by atoms with E-state index in [1.807, 2.05) is 11.8 Å². The Morgan fingerprint density at radius 3 is 2.60 bits per heavy atom. The van der Waals surface area contributed by atoms with Crippen LogP contribution in [-0.2, 0) is 0 Å². The minimum atomic E-state index is 0.735. The van der Waals surface area contributed by atoms with Gasteiger partial charge in [-0.05, 0) is 37.1 Å². The predicted molar refractivity (Wildman–Crippen MR) is 74.3 cm³/mol. The smallest absolute Gasteiger partial charge is 0.0101 e. The van der Waals surface area contributed by atoms with Crippen molar-refractivity contribution in [3.05, 3.63) is 29.3 Å². The summed E-state index contributed by atoms with van der Waals surface area (Å²) in [5, 5.41) is 0. The second-order valence-corrected chi connectivity index (χ2v) is 5.46. The Labute approximate surface area is 103 Å². The molecule has 1 rings (SSSR count). The molecule has 0 aliphatic rings. The fraction of sp³-hybridized carbons (Fsp3) is 0.538. The third kappa shape index (κ3) is 4.12. The molecule has 0 radical (unpaired) electrons. The first kappa shape index (κ1) is 13.0. The summed E-state index contributed by atoms with van der Waals surface area (Å²) >= 11 is 6.34. The zero-order valence-electron chi connectivity index (χ0n) is 9.79. The molecule has 0 amide bonds. The average molecular weight is 240 g/mol. The molecular formula is C13H20S2. The number of thioether (sulfide) groups is 1. The number of benzene rings is 1. The molecule has 0 spiro atoms. The fourth-order valence-corrected chi connectivity index (χ4v) is 3.25. The van der Waals surface area contributed by atoms with Crippen LogP contribution in [0.25, 0.3) is 0 Å². The molecule has 0 bridgehead atoms. The van der Waals surface area contributed by atoms with Crippen LogP contribution in [0.5, 0.6) is 0 Å². The van der Waals surface area contributed by atoms with E-state index in [1.165, 1.54) is 28.2 Å². The monoisotopic (exact) mass is 240 g/mol. The molecule has 0 aliphatic carbocycles. The van der Waals surface area contributed by atoms with Crippen LogP contribution in [0.15, 0.2) is 23.1 Å². The number of hydrogen-bond donors (Lipinski definition) is 1. The highest BCUT2D eigenvalue weighted by Crippen LogP contribution is 2.26. The molecule has 1 aromatic rings. The topological polar surface area (TPSA) is 0 Å². The second-order valence-electron chi connectivity index (χ2n) is 4.04. The molecular weight excluding hydrogens is 220 g/mol. The maximum Gasteiger partial charge on any atom is 0.0101 e. The maximum absolute atomic E-state index is 4.37. The summed E-state index contributed by atoms with van der Waals surface area (Å²) in [5.41, 5.74) is 2.74. The van der Waals surface area contributed by atoms with Crippen molar-refractivity contribution < 1.29 is 0 Å². The summed E-state index contributed by atoms with van der Waals surface area (Å²) < 4.78 is 0. The first-order valence-corrected chi connectivity index (χ1v) is 7.10. The molecule has 2 heteroatoms. The van der Waals surface area contributed by atoms with Gasteiger partial charge in [-0.1, -0.05) is 31.0 Å². The van der Waals surface area contributed by atoms with Gasteiger partial charge in [0.05, 0.1) is 0 Å². The van der Waals surface area contributed by atoms with Gasteiger partial charge < -0.3 is 0 Å². The van der Waals surface area contributed by atoms with Crippen LogP contribution in [0.4, 0.5) is 0 Å². The van der Waals surface area contributed by atoms with Crippen LogP contribution in [-0.4, -0.2) is 11.5 Å². The molecule has 1 atom stereocenters. The number of hydrogen-bond acceptors (Lipinski definition) is 2. The van der Waals surface area contributed by atoms with E-state index in [-0.39, 0.29) is 0 Å². The van der Waals surface area contributed by atoms with Gasteiger partial charge in [-0.2, -0.15) is 12.6 Å². The number of rotatable bonds is 5. The molecule has 1 aromatic carbocycles. The Bertz CT molecular complexity index is 303. The van der Waals surface area contributed by atoms with Gasteiger partial charge in [0.15, 0.2) is 0 Å². The number of thiol groups is 1. The van der Waals surface area contributed by atoms with Crippen molar-refractivity contribution >= 4 is 24.4 Å². The van der Waals surface area contributed by atoms with E-state index in [1.54, 1.807) is 0 Å². The van der Waals surface area contributed by atoms with Gasteiger partial charge in [-0.25, -0.2) is 0 Å². The van der Waals surface area contributed by atoms with Gasteiger partial charge in [-0.3, -0.25) is 0 Å². The van der Waals surface area contributed by atoms with Gasteiger partial charge >= 0.3 is 0 Å². The summed E-state index contributed by atoms with van der Waals surface area (Å²) in [6.45, 7) is 6.57. The molecule has 0 N–H and O–H groups in total. The molecule has 0 aliphatic heterocycles. The molecule has 1 unspecified atom stereocenters. The molecule has 0 heterocycles. The van der Waals surface area contributed by atoms with Crippen LogP contribution in [0.2, 0.25) is 0 Å². The second kappa shape index (κ2) is 6.49. The lowest BCUT2D eigenvalue weighted by molar-refractivity contribution is 0.649. The Morgan fingerprint density at radius 2 is 2.07 bits per heavy atom. The van der Waals surface area contributed by atoms with Crippen molar-refractivity contribution in [3.8, 4) is 0 Å². The van der Waals surface area contributed by atoms with Crippen molar-refractivity contribution in [3.63, 3.8) is 0 Å². The maximum atomic E-state index is 4.37. The normalized spacial score (nSPS) is 12.8. The van der Waals surface area contributed by atoms with E-state index in [9.17, 15) is 0 Å². The van der Waals surface area contributed by atoms with Gasteiger partial charge in [0.1, 0.15) is 0 Å². The summed E-state index contributed by atoms with van der Waals surface area (Å²) in [6.07, 6.45) is 1.22. The van der Waals surface area contributed by atoms with E-state index >= 15 is 0 Å². The van der Waals surface area contributed by atoms with Crippen LogP contribution in [0.1, 0.15) is 24.5 Å². The van der Waals surface area contributed by atoms with E-state index < -0.39 is 0 Å². The average Bonchev–Trinajstić information content (AvgIpc) is 2.22. The van der Waals surface area contributed by atoms with Gasteiger partial charge in [0.25, 0.3) is 0 Å². The van der Waals surface area contributed by atoms with E-state index in [0.717, 1.165) is 11.7 Å². The quantitative estimate of drug-likeness (QED) is 0.589. The highest BCUT2D eigenvalue weighted by Gasteiger charge is 2.06. The molecule has 0 saturated heterocycles. The van der Waals surface area contributed by atoms with E-state index in [2.05, 4.69) is 51.6 Å². The summed E-state index contributed by atoms with van der Waals surface area (Å²) in [5.74, 6) is 2.91. The van der Waals surface area contributed by atoms with Crippen molar-refractivity contribution in [1.29, 1.82) is 0 Å². The zero-order valence-corrected chi connectivity index (χ0v) is 11.5. The Hall–Kier alpha value is -0.0800. The van der Waals surface area contributed by atoms with Crippen LogP contribution in [0, 0.1) is 19.8 Å². The first-order valence-electron chi connectivity index (χ1n) is 5.48. The third-order valence-corrected chi connectivity index (χ3v) is 4.56. The van der Waals surface area contributed by atoms with Crippen molar-refractivity contribution in [2.45, 2.75) is 32.1 Å². The van der Waals surface area contributed by atoms with Crippen LogP contribution in [0.3, 0.4) is 0 Å². The zero-order chi connectivity index (χ0) is 11.3. The van der Waals surface area contributed by atoms with E-state index in [0.29, 0.717) is 0 Å². The largest absolute Gasteiger partial charge is 0.179 e. The van der Waals surface area contributed by atoms with Crippen LogP contribution >= 0.6 is 24.4 Å². The highest BCUT2D eigenvalue weighted by atomic mass is 32.2. The Kier molecular flexibility index (Phi) is 5.62. The molecule has 0 fully saturated rings. The SMILES string of the molecule is CCC(CS)CSc1ccc(C)cc1C. The molecule has 0 nitrogen and oxygen atoms in total. The minimum absolute atomic E-state index is 0.735. The molecule has 15 heavy (non-hydrogen) atoms. The van der Waals surface area contributed by atoms with Gasteiger partial charge in [0.2, 0.25) is 0 Å². The molecule has 0 saturated carbocycles. The predicted octanol–water partition coefficient (Wildman–Crippen LogP) is 4.35. The summed E-state index contributed by atoms with van der Waals surface area (Å²) in [6, 6.07) is 6.68. The van der Waals surface area contributed by atoms with Gasteiger partial charge in [-0.15, -0.1) is 11.8 Å².